The molecule has 2 aromatic rings. The number of amides is 1. The summed E-state index contributed by atoms with van der Waals surface area (Å²) >= 11 is 6.00. The number of aromatic nitrogens is 3. The lowest BCUT2D eigenvalue weighted by Gasteiger charge is -2.10. The molecule has 6 nitrogen and oxygen atoms in total. The normalized spacial score (nSPS) is 20.0. The van der Waals surface area contributed by atoms with E-state index in [1.165, 1.54) is 9.42 Å². The maximum Gasteiger partial charge on any atom is 0.252 e. The molecule has 1 atom stereocenters. The van der Waals surface area contributed by atoms with Gasteiger partial charge in [0, 0.05) is 31.7 Å². The lowest BCUT2D eigenvalue weighted by Crippen LogP contribution is -2.26. The van der Waals surface area contributed by atoms with Gasteiger partial charge in [-0.15, -0.1) is 5.10 Å². The van der Waals surface area contributed by atoms with Crippen LogP contribution in [0, 0.1) is 5.92 Å². The fraction of sp³-hybridized carbons (Fsp3) is 0.364. The summed E-state index contributed by atoms with van der Waals surface area (Å²) in [6.07, 6.45) is 2.06. The quantitative estimate of drug-likeness (QED) is 0.870. The summed E-state index contributed by atoms with van der Waals surface area (Å²) in [4.78, 5) is 17.5. The summed E-state index contributed by atoms with van der Waals surface area (Å²) in [5.41, 5.74) is 0.523. The highest BCUT2D eigenvalue weighted by atomic mass is 35.5. The second kappa shape index (κ2) is 4.22. The van der Waals surface area contributed by atoms with Crippen molar-refractivity contribution >= 4 is 29.1 Å². The van der Waals surface area contributed by atoms with Gasteiger partial charge in [-0.05, 0) is 12.1 Å². The van der Waals surface area contributed by atoms with Crippen LogP contribution in [-0.4, -0.2) is 38.8 Å². The van der Waals surface area contributed by atoms with Crippen LogP contribution in [0.3, 0.4) is 0 Å². The molecule has 1 aliphatic rings. The number of carbonyl (C=O) groups excluding carboxylic acids is 1. The second-order valence-corrected chi connectivity index (χ2v) is 4.70. The number of halogens is 1. The summed E-state index contributed by atoms with van der Waals surface area (Å²) in [5.74, 6) is 0.227. The first-order valence-corrected chi connectivity index (χ1v) is 5.99. The van der Waals surface area contributed by atoms with E-state index in [1.807, 2.05) is 0 Å². The van der Waals surface area contributed by atoms with E-state index in [-0.39, 0.29) is 18.4 Å². The molecule has 1 fully saturated rings. The van der Waals surface area contributed by atoms with Crippen LogP contribution >= 0.6 is 11.6 Å². The van der Waals surface area contributed by atoms with Crippen molar-refractivity contribution in [1.82, 2.24) is 14.6 Å². The molecule has 3 rings (SSSR count). The Morgan fingerprint density at radius 3 is 3.06 bits per heavy atom. The van der Waals surface area contributed by atoms with E-state index in [9.17, 15) is 4.79 Å². The fourth-order valence-electron chi connectivity index (χ4n) is 2.07. The standard InChI is InChI=1S/C11H11ClN4O2/c12-8-2-1-3-16-10(8)13-11(14-16)15-5-7(6-17)4-9(15)18/h1-3,7,17H,4-6H2. The largest absolute Gasteiger partial charge is 0.396 e. The van der Waals surface area contributed by atoms with Crippen LogP contribution in [0.5, 0.6) is 0 Å². The molecule has 18 heavy (non-hydrogen) atoms. The molecule has 0 aromatic carbocycles. The summed E-state index contributed by atoms with van der Waals surface area (Å²) in [5, 5.41) is 13.8. The smallest absolute Gasteiger partial charge is 0.252 e. The molecule has 1 aliphatic heterocycles. The number of pyridine rings is 1. The average Bonchev–Trinajstić information content (AvgIpc) is 2.93. The first-order valence-electron chi connectivity index (χ1n) is 5.61. The van der Waals surface area contributed by atoms with Crippen LogP contribution in [0.15, 0.2) is 18.3 Å². The van der Waals surface area contributed by atoms with E-state index in [0.717, 1.165) is 0 Å². The summed E-state index contributed by atoms with van der Waals surface area (Å²) in [6, 6.07) is 3.48. The minimum Gasteiger partial charge on any atom is -0.396 e. The van der Waals surface area contributed by atoms with E-state index >= 15 is 0 Å². The molecule has 3 heterocycles. The van der Waals surface area contributed by atoms with Gasteiger partial charge in [0.2, 0.25) is 5.91 Å². The van der Waals surface area contributed by atoms with Crippen LogP contribution in [0.2, 0.25) is 5.02 Å². The van der Waals surface area contributed by atoms with Crippen molar-refractivity contribution in [3.63, 3.8) is 0 Å². The van der Waals surface area contributed by atoms with Crippen molar-refractivity contribution in [2.24, 2.45) is 5.92 Å². The van der Waals surface area contributed by atoms with Crippen LogP contribution < -0.4 is 4.90 Å². The van der Waals surface area contributed by atoms with E-state index in [2.05, 4.69) is 10.1 Å². The third-order valence-corrected chi connectivity index (χ3v) is 3.30. The van der Waals surface area contributed by atoms with Gasteiger partial charge in [-0.1, -0.05) is 11.6 Å². The van der Waals surface area contributed by atoms with Crippen molar-refractivity contribution in [3.05, 3.63) is 23.4 Å². The number of anilines is 1. The molecule has 0 aliphatic carbocycles. The minimum absolute atomic E-state index is 0.00360. The van der Waals surface area contributed by atoms with E-state index in [1.54, 1.807) is 18.3 Å². The molecular weight excluding hydrogens is 256 g/mol. The lowest BCUT2D eigenvalue weighted by molar-refractivity contribution is -0.117. The molecule has 7 heteroatoms. The average molecular weight is 267 g/mol. The minimum atomic E-state index is -0.0684. The van der Waals surface area contributed by atoms with Crippen LogP contribution in [-0.2, 0) is 4.79 Å². The number of aliphatic hydroxyl groups is 1. The highest BCUT2D eigenvalue weighted by molar-refractivity contribution is 6.33. The number of nitrogens with zero attached hydrogens (tertiary/aromatic N) is 4. The molecule has 0 saturated carbocycles. The first kappa shape index (κ1) is 11.4. The summed E-state index contributed by atoms with van der Waals surface area (Å²) in [7, 11) is 0. The van der Waals surface area contributed by atoms with Crippen molar-refractivity contribution in [3.8, 4) is 0 Å². The van der Waals surface area contributed by atoms with Gasteiger partial charge in [0.05, 0.1) is 5.02 Å². The molecular formula is C11H11ClN4O2. The Hall–Kier alpha value is -1.66. The highest BCUT2D eigenvalue weighted by Gasteiger charge is 2.32. The zero-order valence-corrected chi connectivity index (χ0v) is 10.2. The maximum atomic E-state index is 11.8. The third-order valence-electron chi connectivity index (χ3n) is 3.01. The Labute approximate surface area is 108 Å². The van der Waals surface area contributed by atoms with Gasteiger partial charge in [0.25, 0.3) is 5.95 Å². The van der Waals surface area contributed by atoms with Gasteiger partial charge in [0.15, 0.2) is 5.65 Å². The van der Waals surface area contributed by atoms with Gasteiger partial charge in [-0.25, -0.2) is 4.52 Å². The Kier molecular flexibility index (Phi) is 2.68. The molecule has 0 radical (unpaired) electrons. The van der Waals surface area contributed by atoms with Crippen molar-refractivity contribution < 1.29 is 9.90 Å². The maximum absolute atomic E-state index is 11.8. The lowest BCUT2D eigenvalue weighted by atomic mass is 10.1. The third kappa shape index (κ3) is 1.74. The Morgan fingerprint density at radius 1 is 1.56 bits per heavy atom. The Balaban J connectivity index is 2.00. The van der Waals surface area contributed by atoms with Gasteiger partial charge in [-0.3, -0.25) is 9.69 Å². The zero-order chi connectivity index (χ0) is 12.7. The summed E-state index contributed by atoms with van der Waals surface area (Å²) in [6.45, 7) is 0.445. The molecule has 94 valence electrons. The number of hydrogen-bond acceptors (Lipinski definition) is 4. The number of rotatable bonds is 2. The van der Waals surface area contributed by atoms with Gasteiger partial charge in [0.1, 0.15) is 0 Å². The fourth-order valence-corrected chi connectivity index (χ4v) is 2.28. The number of aliphatic hydroxyl groups excluding tert-OH is 1. The molecule has 1 unspecified atom stereocenters. The SMILES string of the molecule is O=C1CC(CO)CN1c1nc2c(Cl)cccn2n1. The second-order valence-electron chi connectivity index (χ2n) is 4.29. The van der Waals surface area contributed by atoms with Crippen molar-refractivity contribution in [1.29, 1.82) is 0 Å². The van der Waals surface area contributed by atoms with Gasteiger partial charge < -0.3 is 5.11 Å². The predicted octanol–water partition coefficient (Wildman–Crippen LogP) is 0.728. The molecule has 2 aromatic heterocycles. The van der Waals surface area contributed by atoms with Crippen LogP contribution in [0.4, 0.5) is 5.95 Å². The van der Waals surface area contributed by atoms with E-state index in [0.29, 0.717) is 29.6 Å². The number of fused-ring (bicyclic) bond motifs is 1. The molecule has 0 bridgehead atoms. The molecule has 1 amide bonds. The predicted molar refractivity (Wildman–Crippen MR) is 65.5 cm³/mol. The summed E-state index contributed by atoms with van der Waals surface area (Å²) < 4.78 is 1.54. The van der Waals surface area contributed by atoms with Gasteiger partial charge >= 0.3 is 0 Å². The van der Waals surface area contributed by atoms with Crippen molar-refractivity contribution in [2.45, 2.75) is 6.42 Å². The number of hydrogen-bond donors (Lipinski definition) is 1. The van der Waals surface area contributed by atoms with Crippen LogP contribution in [0.1, 0.15) is 6.42 Å². The molecule has 0 spiro atoms. The Bertz CT molecular complexity index is 612. The number of carbonyl (C=O) groups is 1. The highest BCUT2D eigenvalue weighted by Crippen LogP contribution is 2.24. The van der Waals surface area contributed by atoms with E-state index in [4.69, 9.17) is 16.7 Å². The van der Waals surface area contributed by atoms with E-state index < -0.39 is 0 Å². The van der Waals surface area contributed by atoms with Crippen LogP contribution in [0.25, 0.3) is 5.65 Å². The van der Waals surface area contributed by atoms with Crippen molar-refractivity contribution in [2.75, 3.05) is 18.1 Å². The Morgan fingerprint density at radius 2 is 2.39 bits per heavy atom. The monoisotopic (exact) mass is 266 g/mol. The zero-order valence-electron chi connectivity index (χ0n) is 9.45. The molecule has 1 N–H and O–H groups in total. The molecule has 1 saturated heterocycles. The topological polar surface area (TPSA) is 70.7 Å². The first-order chi connectivity index (χ1) is 8.69. The van der Waals surface area contributed by atoms with Gasteiger partial charge in [-0.2, -0.15) is 4.98 Å².